The van der Waals surface area contributed by atoms with Crippen LogP contribution >= 0.6 is 23.2 Å². The number of benzene rings is 1. The van der Waals surface area contributed by atoms with E-state index >= 15 is 0 Å². The summed E-state index contributed by atoms with van der Waals surface area (Å²) in [6.07, 6.45) is 3.02. The van der Waals surface area contributed by atoms with Crippen LogP contribution in [0.2, 0.25) is 0 Å². The van der Waals surface area contributed by atoms with Crippen LogP contribution < -0.4 is 11.5 Å². The third-order valence-electron chi connectivity index (χ3n) is 3.23. The van der Waals surface area contributed by atoms with Crippen LogP contribution in [0.25, 0.3) is 0 Å². The highest BCUT2D eigenvalue weighted by molar-refractivity contribution is 6.41. The summed E-state index contributed by atoms with van der Waals surface area (Å²) >= 11 is 11.9. The van der Waals surface area contributed by atoms with Crippen LogP contribution in [0, 0.1) is 6.92 Å². The molecule has 0 aliphatic heterocycles. The Bertz CT molecular complexity index is 578. The molecule has 3 nitrogen and oxygen atoms in total. The molecule has 5 heteroatoms. The van der Waals surface area contributed by atoms with Gasteiger partial charge >= 0.3 is 0 Å². The highest BCUT2D eigenvalue weighted by Gasteiger charge is 2.42. The lowest BCUT2D eigenvalue weighted by atomic mass is 9.80. The minimum atomic E-state index is -1.37. The van der Waals surface area contributed by atoms with Gasteiger partial charge in [-0.1, -0.05) is 59.1 Å². The largest absolute Gasteiger partial charge is 0.321 e. The minimum absolute atomic E-state index is 0.201. The Balaban J connectivity index is 2.39. The second kappa shape index (κ2) is 5.10. The normalized spacial score (nSPS) is 26.7. The third kappa shape index (κ3) is 2.47. The standard InChI is InChI=1S/C14H14Cl2N2O/c1-8-2-4-9(5-3-8)13(19)14(18)7-6-10(15)11(16)12(14)17/h2-7,12H,17-18H2,1H3. The number of aryl methyl sites for hydroxylation is 1. The van der Waals surface area contributed by atoms with Gasteiger partial charge in [-0.05, 0) is 13.0 Å². The van der Waals surface area contributed by atoms with E-state index in [0.717, 1.165) is 5.56 Å². The molecule has 1 aliphatic rings. The maximum absolute atomic E-state index is 12.5. The van der Waals surface area contributed by atoms with Gasteiger partial charge in [0.15, 0.2) is 5.78 Å². The van der Waals surface area contributed by atoms with Crippen molar-refractivity contribution in [2.24, 2.45) is 11.5 Å². The molecule has 0 heterocycles. The van der Waals surface area contributed by atoms with Crippen molar-refractivity contribution in [3.05, 3.63) is 57.6 Å². The molecule has 2 rings (SSSR count). The monoisotopic (exact) mass is 296 g/mol. The number of carbonyl (C=O) groups excluding carboxylic acids is 1. The highest BCUT2D eigenvalue weighted by atomic mass is 35.5. The van der Waals surface area contributed by atoms with Crippen LogP contribution in [0.15, 0.2) is 46.5 Å². The minimum Gasteiger partial charge on any atom is -0.321 e. The zero-order valence-corrected chi connectivity index (χ0v) is 11.9. The van der Waals surface area contributed by atoms with E-state index < -0.39 is 11.6 Å². The van der Waals surface area contributed by atoms with Gasteiger partial charge < -0.3 is 11.5 Å². The molecule has 4 N–H and O–H groups in total. The van der Waals surface area contributed by atoms with E-state index in [2.05, 4.69) is 0 Å². The molecule has 1 aliphatic carbocycles. The van der Waals surface area contributed by atoms with Gasteiger partial charge in [-0.15, -0.1) is 0 Å². The number of hydrogen-bond donors (Lipinski definition) is 2. The first-order valence-electron chi connectivity index (χ1n) is 5.76. The molecule has 0 saturated heterocycles. The van der Waals surface area contributed by atoms with E-state index in [-0.39, 0.29) is 10.8 Å². The van der Waals surface area contributed by atoms with Crippen LogP contribution in [0.1, 0.15) is 15.9 Å². The molecule has 0 radical (unpaired) electrons. The maximum atomic E-state index is 12.5. The summed E-state index contributed by atoms with van der Waals surface area (Å²) < 4.78 is 0. The van der Waals surface area contributed by atoms with Crippen molar-refractivity contribution in [3.8, 4) is 0 Å². The fourth-order valence-electron chi connectivity index (χ4n) is 1.92. The Morgan fingerprint density at radius 3 is 2.42 bits per heavy atom. The van der Waals surface area contributed by atoms with Gasteiger partial charge in [0, 0.05) is 5.56 Å². The van der Waals surface area contributed by atoms with Crippen LogP contribution in [0.3, 0.4) is 0 Å². The Kier molecular flexibility index (Phi) is 3.83. The quantitative estimate of drug-likeness (QED) is 0.824. The SMILES string of the molecule is Cc1ccc(C(=O)C2(N)C=CC(Cl)=C(Cl)C2N)cc1. The third-order valence-corrected chi connectivity index (χ3v) is 4.09. The van der Waals surface area contributed by atoms with Gasteiger partial charge in [0.25, 0.3) is 0 Å². The molecule has 1 aromatic rings. The number of rotatable bonds is 2. The summed E-state index contributed by atoms with van der Waals surface area (Å²) in [6.45, 7) is 1.94. The average Bonchev–Trinajstić information content (AvgIpc) is 2.41. The van der Waals surface area contributed by atoms with Crippen molar-refractivity contribution in [3.63, 3.8) is 0 Å². The first-order chi connectivity index (χ1) is 8.86. The van der Waals surface area contributed by atoms with E-state index in [1.165, 1.54) is 12.2 Å². The van der Waals surface area contributed by atoms with Gasteiger partial charge in [0.2, 0.25) is 0 Å². The number of allylic oxidation sites excluding steroid dienone is 2. The van der Waals surface area contributed by atoms with Crippen molar-refractivity contribution >= 4 is 29.0 Å². The lowest BCUT2D eigenvalue weighted by molar-refractivity contribution is 0.0910. The first kappa shape index (κ1) is 14.3. The molecule has 0 bridgehead atoms. The van der Waals surface area contributed by atoms with Crippen molar-refractivity contribution < 1.29 is 4.79 Å². The number of hydrogen-bond acceptors (Lipinski definition) is 3. The van der Waals surface area contributed by atoms with Crippen LogP contribution in [0.5, 0.6) is 0 Å². The van der Waals surface area contributed by atoms with Gasteiger partial charge in [-0.2, -0.15) is 0 Å². The smallest absolute Gasteiger partial charge is 0.188 e. The molecule has 1 aromatic carbocycles. The van der Waals surface area contributed by atoms with E-state index in [4.69, 9.17) is 34.7 Å². The molecule has 2 atom stereocenters. The van der Waals surface area contributed by atoms with E-state index in [1.807, 2.05) is 19.1 Å². The fourth-order valence-corrected chi connectivity index (χ4v) is 2.35. The fraction of sp³-hybridized carbons (Fsp3) is 0.214. The summed E-state index contributed by atoms with van der Waals surface area (Å²) in [4.78, 5) is 12.5. The van der Waals surface area contributed by atoms with Crippen LogP contribution in [-0.4, -0.2) is 17.4 Å². The predicted octanol–water partition coefficient (Wildman–Crippen LogP) is 2.46. The molecule has 100 valence electrons. The molecule has 2 unspecified atom stereocenters. The molecule has 0 fully saturated rings. The lowest BCUT2D eigenvalue weighted by Gasteiger charge is -2.33. The zero-order chi connectivity index (χ0) is 14.2. The van der Waals surface area contributed by atoms with Gasteiger partial charge in [0.05, 0.1) is 16.1 Å². The Morgan fingerprint density at radius 2 is 1.84 bits per heavy atom. The summed E-state index contributed by atoms with van der Waals surface area (Å²) in [5.41, 5.74) is 12.3. The number of ketones is 1. The second-order valence-corrected chi connectivity index (χ2v) is 5.45. The molecule has 0 aromatic heterocycles. The Hall–Kier alpha value is -1.13. The van der Waals surface area contributed by atoms with Crippen molar-refractivity contribution in [2.45, 2.75) is 18.5 Å². The van der Waals surface area contributed by atoms with Gasteiger partial charge in [-0.3, -0.25) is 4.79 Å². The number of halogens is 2. The van der Waals surface area contributed by atoms with E-state index in [0.29, 0.717) is 10.6 Å². The molecular formula is C14H14Cl2N2O. The zero-order valence-electron chi connectivity index (χ0n) is 10.4. The van der Waals surface area contributed by atoms with Gasteiger partial charge in [0.1, 0.15) is 5.54 Å². The average molecular weight is 297 g/mol. The van der Waals surface area contributed by atoms with Crippen LogP contribution in [0.4, 0.5) is 0 Å². The van der Waals surface area contributed by atoms with E-state index in [9.17, 15) is 4.79 Å². The van der Waals surface area contributed by atoms with Crippen LogP contribution in [-0.2, 0) is 0 Å². The lowest BCUT2D eigenvalue weighted by Crippen LogP contribution is -2.60. The summed E-state index contributed by atoms with van der Waals surface area (Å²) in [7, 11) is 0. The molecule has 19 heavy (non-hydrogen) atoms. The molecular weight excluding hydrogens is 283 g/mol. The topological polar surface area (TPSA) is 69.1 Å². The van der Waals surface area contributed by atoms with E-state index in [1.54, 1.807) is 12.1 Å². The van der Waals surface area contributed by atoms with Crippen molar-refractivity contribution in [1.82, 2.24) is 0 Å². The van der Waals surface area contributed by atoms with Crippen molar-refractivity contribution in [1.29, 1.82) is 0 Å². The summed E-state index contributed by atoms with van der Waals surface area (Å²) in [5, 5.41) is 0.513. The number of Topliss-reactive ketones (excluding diaryl/α,β-unsaturated/α-hetero) is 1. The molecule has 0 amide bonds. The second-order valence-electron chi connectivity index (χ2n) is 4.64. The number of carbonyl (C=O) groups is 1. The highest BCUT2D eigenvalue weighted by Crippen LogP contribution is 2.31. The predicted molar refractivity (Wildman–Crippen MR) is 78.3 cm³/mol. The molecule has 0 spiro atoms. The maximum Gasteiger partial charge on any atom is 0.188 e. The number of nitrogens with two attached hydrogens (primary N) is 2. The summed E-state index contributed by atoms with van der Waals surface area (Å²) in [6, 6.07) is 6.29. The first-order valence-corrected chi connectivity index (χ1v) is 6.52. The Morgan fingerprint density at radius 1 is 1.26 bits per heavy atom. The summed E-state index contributed by atoms with van der Waals surface area (Å²) in [5.74, 6) is -0.279. The molecule has 0 saturated carbocycles. The van der Waals surface area contributed by atoms with Gasteiger partial charge in [-0.25, -0.2) is 0 Å². The van der Waals surface area contributed by atoms with Crippen molar-refractivity contribution in [2.75, 3.05) is 0 Å². The Labute approximate surface area is 121 Å².